The van der Waals surface area contributed by atoms with Gasteiger partial charge in [-0.3, -0.25) is 0 Å². The van der Waals surface area contributed by atoms with E-state index in [0.29, 0.717) is 6.54 Å². The Morgan fingerprint density at radius 2 is 2.20 bits per heavy atom. The Hall–Kier alpha value is -0.890. The molecule has 2 N–H and O–H groups in total. The Bertz CT molecular complexity index is 342. The summed E-state index contributed by atoms with van der Waals surface area (Å²) in [5.41, 5.74) is 6.18. The minimum Gasteiger partial charge on any atom is -0.326 e. The van der Waals surface area contributed by atoms with Crippen LogP contribution in [0.1, 0.15) is 37.3 Å². The third-order valence-corrected chi connectivity index (χ3v) is 3.60. The zero-order valence-electron chi connectivity index (χ0n) is 9.17. The van der Waals surface area contributed by atoms with Crippen molar-refractivity contribution in [2.24, 2.45) is 11.7 Å². The fourth-order valence-corrected chi connectivity index (χ4v) is 2.19. The lowest BCUT2D eigenvalue weighted by molar-refractivity contribution is 0.0463. The molecule has 1 unspecified atom stereocenters. The molecular formula is C13H18FN. The van der Waals surface area contributed by atoms with Gasteiger partial charge in [0.05, 0.1) is 0 Å². The van der Waals surface area contributed by atoms with Gasteiger partial charge in [-0.25, -0.2) is 4.39 Å². The predicted octanol–water partition coefficient (Wildman–Crippen LogP) is 3.13. The SMILES string of the molecule is CC(F)(c1cccc(CN)c1)C1CCC1. The molecule has 15 heavy (non-hydrogen) atoms. The number of alkyl halides is 1. The van der Waals surface area contributed by atoms with Crippen molar-refractivity contribution < 1.29 is 4.39 Å². The summed E-state index contributed by atoms with van der Waals surface area (Å²) in [4.78, 5) is 0. The van der Waals surface area contributed by atoms with Gasteiger partial charge in [0.1, 0.15) is 5.67 Å². The van der Waals surface area contributed by atoms with Gasteiger partial charge in [0.2, 0.25) is 0 Å². The molecule has 0 spiro atoms. The molecule has 0 saturated heterocycles. The van der Waals surface area contributed by atoms with Crippen LogP contribution in [0.25, 0.3) is 0 Å². The smallest absolute Gasteiger partial charge is 0.136 e. The minimum absolute atomic E-state index is 0.200. The number of hydrogen-bond acceptors (Lipinski definition) is 1. The Labute approximate surface area is 90.5 Å². The van der Waals surface area contributed by atoms with Crippen molar-refractivity contribution in [3.63, 3.8) is 0 Å². The first-order chi connectivity index (χ1) is 7.14. The normalized spacial score (nSPS) is 20.7. The molecular weight excluding hydrogens is 189 g/mol. The van der Waals surface area contributed by atoms with Crippen LogP contribution in [-0.2, 0) is 12.2 Å². The lowest BCUT2D eigenvalue weighted by Crippen LogP contribution is -2.32. The quantitative estimate of drug-likeness (QED) is 0.809. The number of hydrogen-bond donors (Lipinski definition) is 1. The second-order valence-electron chi connectivity index (χ2n) is 4.61. The van der Waals surface area contributed by atoms with Crippen LogP contribution >= 0.6 is 0 Å². The molecule has 2 heteroatoms. The van der Waals surface area contributed by atoms with Crippen LogP contribution in [0.3, 0.4) is 0 Å². The highest BCUT2D eigenvalue weighted by Gasteiger charge is 2.39. The molecule has 1 aromatic carbocycles. The molecule has 0 bridgehead atoms. The molecule has 1 aliphatic carbocycles. The molecule has 0 radical (unpaired) electrons. The van der Waals surface area contributed by atoms with Crippen molar-refractivity contribution in [1.29, 1.82) is 0 Å². The third kappa shape index (κ3) is 1.91. The number of halogens is 1. The van der Waals surface area contributed by atoms with Gasteiger partial charge >= 0.3 is 0 Å². The molecule has 0 aliphatic heterocycles. The van der Waals surface area contributed by atoms with Crippen molar-refractivity contribution >= 4 is 0 Å². The first kappa shape index (κ1) is 10.6. The maximum absolute atomic E-state index is 14.5. The highest BCUT2D eigenvalue weighted by atomic mass is 19.1. The lowest BCUT2D eigenvalue weighted by Gasteiger charge is -2.37. The summed E-state index contributed by atoms with van der Waals surface area (Å²) in [5.74, 6) is 0.200. The Balaban J connectivity index is 2.26. The van der Waals surface area contributed by atoms with Crippen molar-refractivity contribution in [3.8, 4) is 0 Å². The predicted molar refractivity (Wildman–Crippen MR) is 60.1 cm³/mol. The van der Waals surface area contributed by atoms with Crippen LogP contribution in [0.2, 0.25) is 0 Å². The molecule has 1 aromatic rings. The number of nitrogens with two attached hydrogens (primary N) is 1. The maximum atomic E-state index is 14.5. The maximum Gasteiger partial charge on any atom is 0.136 e. The van der Waals surface area contributed by atoms with E-state index in [-0.39, 0.29) is 5.92 Å². The van der Waals surface area contributed by atoms with Crippen LogP contribution in [0, 0.1) is 5.92 Å². The Morgan fingerprint density at radius 3 is 2.73 bits per heavy atom. The van der Waals surface area contributed by atoms with Crippen LogP contribution in [0.15, 0.2) is 24.3 Å². The van der Waals surface area contributed by atoms with Crippen LogP contribution in [0.4, 0.5) is 4.39 Å². The molecule has 1 fully saturated rings. The first-order valence-corrected chi connectivity index (χ1v) is 5.63. The molecule has 1 saturated carbocycles. The summed E-state index contributed by atoms with van der Waals surface area (Å²) in [6, 6.07) is 7.62. The average Bonchev–Trinajstić information content (AvgIpc) is 2.14. The molecule has 82 valence electrons. The Kier molecular flexibility index (Phi) is 2.79. The topological polar surface area (TPSA) is 26.0 Å². The second kappa shape index (κ2) is 3.93. The zero-order chi connectivity index (χ0) is 10.9. The van der Waals surface area contributed by atoms with Gasteiger partial charge in [-0.2, -0.15) is 0 Å². The van der Waals surface area contributed by atoms with Gasteiger partial charge in [-0.1, -0.05) is 30.7 Å². The largest absolute Gasteiger partial charge is 0.326 e. The zero-order valence-corrected chi connectivity index (χ0v) is 9.17. The van der Waals surface area contributed by atoms with E-state index < -0.39 is 5.67 Å². The lowest BCUT2D eigenvalue weighted by atomic mass is 9.72. The van der Waals surface area contributed by atoms with Crippen molar-refractivity contribution in [2.75, 3.05) is 0 Å². The standard InChI is InChI=1S/C13H18FN/c1-13(14,11-5-3-6-11)12-7-2-4-10(8-12)9-15/h2,4,7-8,11H,3,5-6,9,15H2,1H3. The molecule has 0 amide bonds. The Morgan fingerprint density at radius 1 is 1.47 bits per heavy atom. The highest BCUT2D eigenvalue weighted by Crippen LogP contribution is 2.45. The van der Waals surface area contributed by atoms with E-state index in [1.165, 1.54) is 6.42 Å². The molecule has 2 rings (SSSR count). The highest BCUT2D eigenvalue weighted by molar-refractivity contribution is 5.28. The van der Waals surface area contributed by atoms with Gasteiger partial charge < -0.3 is 5.73 Å². The van der Waals surface area contributed by atoms with Gasteiger partial charge in [0.25, 0.3) is 0 Å². The van der Waals surface area contributed by atoms with E-state index in [1.54, 1.807) is 6.92 Å². The van der Waals surface area contributed by atoms with E-state index in [4.69, 9.17) is 5.73 Å². The van der Waals surface area contributed by atoms with Crippen molar-refractivity contribution in [3.05, 3.63) is 35.4 Å². The summed E-state index contributed by atoms with van der Waals surface area (Å²) in [7, 11) is 0. The minimum atomic E-state index is -1.18. The van der Waals surface area contributed by atoms with E-state index in [2.05, 4.69) is 0 Å². The van der Waals surface area contributed by atoms with E-state index in [0.717, 1.165) is 24.0 Å². The van der Waals surface area contributed by atoms with Gasteiger partial charge in [0.15, 0.2) is 0 Å². The summed E-state index contributed by atoms with van der Waals surface area (Å²) >= 11 is 0. The monoisotopic (exact) mass is 207 g/mol. The van der Waals surface area contributed by atoms with Crippen molar-refractivity contribution in [1.82, 2.24) is 0 Å². The summed E-state index contributed by atoms with van der Waals surface area (Å²) < 4.78 is 14.5. The third-order valence-electron chi connectivity index (χ3n) is 3.60. The fourth-order valence-electron chi connectivity index (χ4n) is 2.19. The number of rotatable bonds is 3. The molecule has 1 atom stereocenters. The average molecular weight is 207 g/mol. The van der Waals surface area contributed by atoms with Crippen LogP contribution in [-0.4, -0.2) is 0 Å². The van der Waals surface area contributed by atoms with Gasteiger partial charge in [-0.05, 0) is 36.8 Å². The second-order valence-corrected chi connectivity index (χ2v) is 4.61. The summed E-state index contributed by atoms with van der Waals surface area (Å²) in [6.45, 7) is 2.18. The van der Waals surface area contributed by atoms with Gasteiger partial charge in [-0.15, -0.1) is 0 Å². The van der Waals surface area contributed by atoms with Crippen LogP contribution in [0.5, 0.6) is 0 Å². The molecule has 0 aromatic heterocycles. The van der Waals surface area contributed by atoms with E-state index in [9.17, 15) is 4.39 Å². The molecule has 1 aliphatic rings. The summed E-state index contributed by atoms with van der Waals surface area (Å²) in [5, 5.41) is 0. The fraction of sp³-hybridized carbons (Fsp3) is 0.538. The first-order valence-electron chi connectivity index (χ1n) is 5.63. The molecule has 1 nitrogen and oxygen atoms in total. The van der Waals surface area contributed by atoms with Gasteiger partial charge in [0, 0.05) is 6.54 Å². The van der Waals surface area contributed by atoms with Crippen LogP contribution < -0.4 is 5.73 Å². The summed E-state index contributed by atoms with van der Waals surface area (Å²) in [6.07, 6.45) is 3.19. The van der Waals surface area contributed by atoms with E-state index >= 15 is 0 Å². The van der Waals surface area contributed by atoms with E-state index in [1.807, 2.05) is 24.3 Å². The number of benzene rings is 1. The van der Waals surface area contributed by atoms with Crippen molar-refractivity contribution in [2.45, 2.75) is 38.4 Å². The molecule has 0 heterocycles.